The Morgan fingerprint density at radius 2 is 1.80 bits per heavy atom. The Bertz CT molecular complexity index is 1810. The monoisotopic (exact) mass is 622 g/mol. The Balaban J connectivity index is 1.82. The van der Waals surface area contributed by atoms with Crippen molar-refractivity contribution in [2.45, 2.75) is 56.3 Å². The average Bonchev–Trinajstić information content (AvgIpc) is 2.97. The third-order valence-electron chi connectivity index (χ3n) is 7.18. The molecular formula is C32H35FN4O6S. The van der Waals surface area contributed by atoms with Crippen LogP contribution in [-0.4, -0.2) is 42.2 Å². The van der Waals surface area contributed by atoms with Gasteiger partial charge in [0.25, 0.3) is 0 Å². The minimum absolute atomic E-state index is 0.0560. The van der Waals surface area contributed by atoms with Gasteiger partial charge in [-0.2, -0.15) is 0 Å². The summed E-state index contributed by atoms with van der Waals surface area (Å²) in [4.78, 5) is 30.0. The lowest BCUT2D eigenvalue weighted by atomic mass is 9.99. The molecule has 12 heteroatoms. The molecule has 4 rings (SSSR count). The lowest BCUT2D eigenvalue weighted by Crippen LogP contribution is -2.38. The zero-order valence-electron chi connectivity index (χ0n) is 24.8. The van der Waals surface area contributed by atoms with Gasteiger partial charge in [-0.15, -0.1) is 0 Å². The van der Waals surface area contributed by atoms with Crippen LogP contribution in [0.3, 0.4) is 0 Å². The smallest absolute Gasteiger partial charge is 0.305 e. The van der Waals surface area contributed by atoms with E-state index in [1.54, 1.807) is 44.3 Å². The van der Waals surface area contributed by atoms with Gasteiger partial charge >= 0.3 is 5.97 Å². The van der Waals surface area contributed by atoms with E-state index in [1.807, 2.05) is 0 Å². The first kappa shape index (κ1) is 32.2. The molecule has 0 aliphatic rings. The Morgan fingerprint density at radius 3 is 2.48 bits per heavy atom. The number of ether oxygens (including phenoxy) is 1. The molecule has 0 fully saturated rings. The fourth-order valence-corrected chi connectivity index (χ4v) is 6.21. The highest BCUT2D eigenvalue weighted by molar-refractivity contribution is 7.92. The second-order valence-corrected chi connectivity index (χ2v) is 13.1. The van der Waals surface area contributed by atoms with Crippen LogP contribution in [0.4, 0.5) is 15.8 Å². The van der Waals surface area contributed by atoms with Gasteiger partial charge in [-0.1, -0.05) is 24.3 Å². The lowest BCUT2D eigenvalue weighted by Gasteiger charge is -2.26. The summed E-state index contributed by atoms with van der Waals surface area (Å²) in [5.74, 6) is -2.38. The maximum absolute atomic E-state index is 15.6. The molecule has 0 aliphatic carbocycles. The second kappa shape index (κ2) is 13.3. The van der Waals surface area contributed by atoms with Crippen molar-refractivity contribution in [3.8, 4) is 5.75 Å². The Hall–Kier alpha value is -4.71. The number of fused-ring (bicyclic) bond motifs is 1. The second-order valence-electron chi connectivity index (χ2n) is 10.6. The van der Waals surface area contributed by atoms with Gasteiger partial charge in [-0.05, 0) is 69.2 Å². The molecule has 44 heavy (non-hydrogen) atoms. The normalized spacial score (nSPS) is 13.0. The van der Waals surface area contributed by atoms with Gasteiger partial charge < -0.3 is 26.2 Å². The molecule has 0 spiro atoms. The molecule has 10 nitrogen and oxygen atoms in total. The summed E-state index contributed by atoms with van der Waals surface area (Å²) in [5, 5.41) is 16.1. The molecule has 5 N–H and O–H groups in total. The zero-order valence-corrected chi connectivity index (χ0v) is 25.6. The van der Waals surface area contributed by atoms with Crippen molar-refractivity contribution in [2.75, 3.05) is 17.7 Å². The van der Waals surface area contributed by atoms with Crippen LogP contribution in [0.15, 0.2) is 71.9 Å². The third kappa shape index (κ3) is 6.91. The molecule has 1 aromatic heterocycles. The minimum atomic E-state index is -3.85. The number of rotatable bonds is 12. The van der Waals surface area contributed by atoms with E-state index in [9.17, 15) is 23.1 Å². The number of nitrogens with zero attached hydrogens (tertiary/aromatic N) is 1. The number of hydrogen-bond acceptors (Lipinski definition) is 8. The summed E-state index contributed by atoms with van der Waals surface area (Å²) in [6.45, 7) is 6.78. The number of carbonyl (C=O) groups excluding carboxylic acids is 1. The highest BCUT2D eigenvalue weighted by atomic mass is 32.2. The molecule has 0 saturated heterocycles. The van der Waals surface area contributed by atoms with Crippen LogP contribution in [0.5, 0.6) is 5.75 Å². The van der Waals surface area contributed by atoms with E-state index in [0.717, 1.165) is 5.39 Å². The van der Waals surface area contributed by atoms with E-state index in [-0.39, 0.29) is 16.0 Å². The molecule has 1 heterocycles. The number of pyridine rings is 1. The summed E-state index contributed by atoms with van der Waals surface area (Å²) < 4.78 is 47.6. The number of amides is 1. The molecule has 0 bridgehead atoms. The van der Waals surface area contributed by atoms with Gasteiger partial charge in [0, 0.05) is 28.2 Å². The standard InChI is InChI=1S/C32H35FN4O6S/c1-5-43-28-14-24(25(33)12-19(28)4)31(36-21-10-11-22-20(13-21)16-35-17-26(22)34)32(40)37-27(15-30(38)39)23-8-6-7-9-29(23)44(41,42)18(2)3/h6-14,16-18,27,31,36H,5,15,34H2,1-4H3,(H,37,40)(H,38,39)/t27-,31-/m1/s1. The van der Waals surface area contributed by atoms with Gasteiger partial charge in [0.2, 0.25) is 5.91 Å². The summed E-state index contributed by atoms with van der Waals surface area (Å²) in [6.07, 6.45) is 2.49. The third-order valence-corrected chi connectivity index (χ3v) is 9.41. The van der Waals surface area contributed by atoms with Gasteiger partial charge in [0.05, 0.1) is 41.1 Å². The molecule has 0 unspecified atom stereocenters. The molecule has 1 amide bonds. The van der Waals surface area contributed by atoms with Crippen LogP contribution in [0.25, 0.3) is 10.8 Å². The van der Waals surface area contributed by atoms with Crippen LogP contribution in [0.2, 0.25) is 0 Å². The number of carbonyl (C=O) groups is 2. The largest absolute Gasteiger partial charge is 0.494 e. The van der Waals surface area contributed by atoms with E-state index in [2.05, 4.69) is 15.6 Å². The topological polar surface area (TPSA) is 161 Å². The van der Waals surface area contributed by atoms with E-state index in [1.165, 1.54) is 50.4 Å². The number of sulfone groups is 1. The van der Waals surface area contributed by atoms with Crippen molar-refractivity contribution in [1.82, 2.24) is 10.3 Å². The summed E-state index contributed by atoms with van der Waals surface area (Å²) in [7, 11) is -3.85. The first-order valence-corrected chi connectivity index (χ1v) is 15.6. The Labute approximate surface area is 255 Å². The number of aryl methyl sites for hydroxylation is 1. The van der Waals surface area contributed by atoms with Crippen molar-refractivity contribution in [2.24, 2.45) is 0 Å². The molecule has 0 saturated carbocycles. The number of benzene rings is 3. The van der Waals surface area contributed by atoms with Gasteiger partial charge in [-0.3, -0.25) is 14.6 Å². The first-order chi connectivity index (χ1) is 20.8. The quantitative estimate of drug-likeness (QED) is 0.164. The number of nitrogen functional groups attached to an aromatic ring is 1. The maximum Gasteiger partial charge on any atom is 0.305 e. The fourth-order valence-electron chi connectivity index (χ4n) is 4.89. The van der Waals surface area contributed by atoms with Crippen LogP contribution < -0.4 is 21.1 Å². The van der Waals surface area contributed by atoms with Gasteiger partial charge in [-0.25, -0.2) is 12.8 Å². The number of carboxylic acids is 1. The van der Waals surface area contributed by atoms with Crippen molar-refractivity contribution >= 4 is 43.9 Å². The number of nitrogens with one attached hydrogen (secondary N) is 2. The zero-order chi connectivity index (χ0) is 32.2. The highest BCUT2D eigenvalue weighted by Crippen LogP contribution is 2.33. The van der Waals surface area contributed by atoms with Gasteiger partial charge in [0.1, 0.15) is 17.6 Å². The highest BCUT2D eigenvalue weighted by Gasteiger charge is 2.32. The number of aliphatic carboxylic acids is 1. The number of carboxylic acid groups (broad SMARTS) is 1. The predicted octanol–water partition coefficient (Wildman–Crippen LogP) is 5.33. The van der Waals surface area contributed by atoms with E-state index < -0.39 is 51.3 Å². The molecule has 3 aromatic carbocycles. The Kier molecular flexibility index (Phi) is 9.73. The van der Waals surface area contributed by atoms with E-state index >= 15 is 4.39 Å². The van der Waals surface area contributed by atoms with Crippen molar-refractivity contribution in [3.63, 3.8) is 0 Å². The van der Waals surface area contributed by atoms with E-state index in [0.29, 0.717) is 34.7 Å². The summed E-state index contributed by atoms with van der Waals surface area (Å²) >= 11 is 0. The van der Waals surface area contributed by atoms with Gasteiger partial charge in [0.15, 0.2) is 9.84 Å². The van der Waals surface area contributed by atoms with Crippen LogP contribution >= 0.6 is 0 Å². The van der Waals surface area contributed by atoms with Crippen LogP contribution in [-0.2, 0) is 19.4 Å². The van der Waals surface area contributed by atoms with Crippen molar-refractivity contribution in [3.05, 3.63) is 89.5 Å². The first-order valence-electron chi connectivity index (χ1n) is 14.0. The average molecular weight is 623 g/mol. The molecule has 232 valence electrons. The molecule has 0 aliphatic heterocycles. The molecule has 2 atom stereocenters. The lowest BCUT2D eigenvalue weighted by molar-refractivity contribution is -0.137. The molecule has 0 radical (unpaired) electrons. The number of aromatic nitrogens is 1. The number of anilines is 2. The SMILES string of the molecule is CCOc1cc([C@@H](Nc2ccc3c(N)cncc3c2)C(=O)N[C@H](CC(=O)O)c2ccccc2S(=O)(=O)C(C)C)c(F)cc1C. The number of halogens is 1. The fraction of sp³-hybridized carbons (Fsp3) is 0.281. The molecular weight excluding hydrogens is 587 g/mol. The maximum atomic E-state index is 15.6. The molecule has 4 aromatic rings. The van der Waals surface area contributed by atoms with E-state index in [4.69, 9.17) is 10.5 Å². The van der Waals surface area contributed by atoms with Crippen molar-refractivity contribution in [1.29, 1.82) is 0 Å². The van der Waals surface area contributed by atoms with Crippen molar-refractivity contribution < 1.29 is 32.2 Å². The Morgan fingerprint density at radius 1 is 1.07 bits per heavy atom. The predicted molar refractivity (Wildman–Crippen MR) is 167 cm³/mol. The summed E-state index contributed by atoms with van der Waals surface area (Å²) in [5.41, 5.74) is 7.51. The van der Waals surface area contributed by atoms with Crippen LogP contribution in [0.1, 0.15) is 56.0 Å². The summed E-state index contributed by atoms with van der Waals surface area (Å²) in [6, 6.07) is 11.1. The van der Waals surface area contributed by atoms with Crippen LogP contribution in [0, 0.1) is 12.7 Å². The number of nitrogens with two attached hydrogens (primary N) is 1. The minimum Gasteiger partial charge on any atom is -0.494 e. The number of hydrogen-bond donors (Lipinski definition) is 4.